The van der Waals surface area contributed by atoms with E-state index in [1.165, 1.54) is 12.8 Å². The number of hydrogen-bond acceptors (Lipinski definition) is 2. The SMILES string of the molecule is ClCC1(Nc2ncc(Cl)cc2Cl)CCCC1. The molecular weight excluding hydrogens is 266 g/mol. The molecule has 1 aliphatic rings. The third-order valence-electron chi connectivity index (χ3n) is 3.01. The summed E-state index contributed by atoms with van der Waals surface area (Å²) in [6, 6.07) is 1.69. The van der Waals surface area contributed by atoms with E-state index in [2.05, 4.69) is 10.3 Å². The first-order valence-electron chi connectivity index (χ1n) is 5.30. The molecule has 2 rings (SSSR count). The van der Waals surface area contributed by atoms with Crippen molar-refractivity contribution in [3.63, 3.8) is 0 Å². The molecule has 0 amide bonds. The maximum absolute atomic E-state index is 6.07. The molecule has 1 N–H and O–H groups in total. The maximum atomic E-state index is 6.07. The zero-order valence-electron chi connectivity index (χ0n) is 8.77. The summed E-state index contributed by atoms with van der Waals surface area (Å²) < 4.78 is 0. The lowest BCUT2D eigenvalue weighted by Gasteiger charge is -2.28. The second kappa shape index (κ2) is 4.99. The van der Waals surface area contributed by atoms with E-state index in [0.29, 0.717) is 21.7 Å². The molecule has 1 saturated carbocycles. The van der Waals surface area contributed by atoms with Crippen LogP contribution in [0, 0.1) is 0 Å². The van der Waals surface area contributed by atoms with Crippen LogP contribution in [0.15, 0.2) is 12.3 Å². The average Bonchev–Trinajstić information content (AvgIpc) is 2.72. The Hall–Kier alpha value is -0.180. The van der Waals surface area contributed by atoms with E-state index < -0.39 is 0 Å². The Kier molecular flexibility index (Phi) is 3.83. The summed E-state index contributed by atoms with van der Waals surface area (Å²) >= 11 is 17.9. The molecule has 0 bridgehead atoms. The van der Waals surface area contributed by atoms with Crippen LogP contribution in [0.25, 0.3) is 0 Å². The van der Waals surface area contributed by atoms with Crippen LogP contribution in [0.3, 0.4) is 0 Å². The van der Waals surface area contributed by atoms with Gasteiger partial charge in [0, 0.05) is 12.1 Å². The summed E-state index contributed by atoms with van der Waals surface area (Å²) in [6.07, 6.45) is 6.12. The highest BCUT2D eigenvalue weighted by atomic mass is 35.5. The zero-order valence-corrected chi connectivity index (χ0v) is 11.0. The first-order chi connectivity index (χ1) is 7.65. The van der Waals surface area contributed by atoms with Crippen LogP contribution in [0.4, 0.5) is 5.82 Å². The van der Waals surface area contributed by atoms with E-state index in [1.54, 1.807) is 12.3 Å². The number of anilines is 1. The molecule has 88 valence electrons. The van der Waals surface area contributed by atoms with Crippen molar-refractivity contribution >= 4 is 40.6 Å². The summed E-state index contributed by atoms with van der Waals surface area (Å²) in [5, 5.41) is 4.45. The van der Waals surface area contributed by atoms with Gasteiger partial charge in [-0.3, -0.25) is 0 Å². The number of aromatic nitrogens is 1. The third-order valence-corrected chi connectivity index (χ3v) is 4.01. The Bertz CT molecular complexity index is 375. The predicted octanol–water partition coefficient (Wildman–Crippen LogP) is 4.35. The standard InChI is InChI=1S/C11H13Cl3N2/c12-7-11(3-1-2-4-11)16-10-9(14)5-8(13)6-15-10/h5-6H,1-4,7H2,(H,15,16). The number of hydrogen-bond donors (Lipinski definition) is 1. The molecule has 0 aliphatic heterocycles. The minimum absolute atomic E-state index is 0.0496. The lowest BCUT2D eigenvalue weighted by atomic mass is 10.0. The molecule has 1 fully saturated rings. The van der Waals surface area contributed by atoms with Gasteiger partial charge in [-0.05, 0) is 18.9 Å². The lowest BCUT2D eigenvalue weighted by molar-refractivity contribution is 0.537. The monoisotopic (exact) mass is 278 g/mol. The second-order valence-electron chi connectivity index (χ2n) is 4.23. The van der Waals surface area contributed by atoms with Gasteiger partial charge in [0.2, 0.25) is 0 Å². The van der Waals surface area contributed by atoms with E-state index in [0.717, 1.165) is 12.8 Å². The fourth-order valence-electron chi connectivity index (χ4n) is 2.10. The molecule has 2 nitrogen and oxygen atoms in total. The number of alkyl halides is 1. The van der Waals surface area contributed by atoms with Crippen molar-refractivity contribution in [3.05, 3.63) is 22.3 Å². The summed E-state index contributed by atoms with van der Waals surface area (Å²) in [5.41, 5.74) is -0.0496. The van der Waals surface area contributed by atoms with Crippen molar-refractivity contribution in [2.45, 2.75) is 31.2 Å². The van der Waals surface area contributed by atoms with Gasteiger partial charge >= 0.3 is 0 Å². The number of pyridine rings is 1. The number of rotatable bonds is 3. The maximum Gasteiger partial charge on any atom is 0.145 e. The number of halogens is 3. The van der Waals surface area contributed by atoms with Crippen LogP contribution in [0.5, 0.6) is 0 Å². The summed E-state index contributed by atoms with van der Waals surface area (Å²) in [6.45, 7) is 0. The topological polar surface area (TPSA) is 24.9 Å². The molecule has 0 aromatic carbocycles. The van der Waals surface area contributed by atoms with Gasteiger partial charge < -0.3 is 5.32 Å². The van der Waals surface area contributed by atoms with Crippen molar-refractivity contribution in [1.82, 2.24) is 4.98 Å². The van der Waals surface area contributed by atoms with Crippen LogP contribution < -0.4 is 5.32 Å². The van der Waals surface area contributed by atoms with Crippen molar-refractivity contribution < 1.29 is 0 Å². The fraction of sp³-hybridized carbons (Fsp3) is 0.545. The lowest BCUT2D eigenvalue weighted by Crippen LogP contribution is -2.37. The van der Waals surface area contributed by atoms with Crippen molar-refractivity contribution in [2.24, 2.45) is 0 Å². The molecule has 1 aromatic rings. The smallest absolute Gasteiger partial charge is 0.145 e. The molecule has 1 aliphatic carbocycles. The Morgan fingerprint density at radius 2 is 2.00 bits per heavy atom. The van der Waals surface area contributed by atoms with Gasteiger partial charge in [-0.1, -0.05) is 36.0 Å². The Labute approximate surface area is 110 Å². The number of nitrogens with one attached hydrogen (secondary N) is 1. The minimum Gasteiger partial charge on any atom is -0.362 e. The Morgan fingerprint density at radius 3 is 2.56 bits per heavy atom. The number of nitrogens with zero attached hydrogens (tertiary/aromatic N) is 1. The van der Waals surface area contributed by atoms with Crippen molar-refractivity contribution in [3.8, 4) is 0 Å². The zero-order chi connectivity index (χ0) is 11.6. The van der Waals surface area contributed by atoms with Gasteiger partial charge in [-0.2, -0.15) is 0 Å². The molecule has 0 spiro atoms. The second-order valence-corrected chi connectivity index (χ2v) is 5.34. The molecule has 1 heterocycles. The molecule has 0 radical (unpaired) electrons. The quantitative estimate of drug-likeness (QED) is 0.832. The van der Waals surface area contributed by atoms with Gasteiger partial charge in [0.05, 0.1) is 15.6 Å². The van der Waals surface area contributed by atoms with E-state index in [4.69, 9.17) is 34.8 Å². The van der Waals surface area contributed by atoms with Gasteiger partial charge in [0.25, 0.3) is 0 Å². The molecule has 0 atom stereocenters. The average molecular weight is 280 g/mol. The first-order valence-corrected chi connectivity index (χ1v) is 6.59. The fourth-order valence-corrected chi connectivity index (χ4v) is 2.86. The van der Waals surface area contributed by atoms with Gasteiger partial charge in [0.15, 0.2) is 0 Å². The highest BCUT2D eigenvalue weighted by molar-refractivity contribution is 6.36. The first kappa shape index (κ1) is 12.3. The Morgan fingerprint density at radius 1 is 1.31 bits per heavy atom. The largest absolute Gasteiger partial charge is 0.362 e. The molecule has 16 heavy (non-hydrogen) atoms. The molecule has 5 heteroatoms. The van der Waals surface area contributed by atoms with E-state index in [9.17, 15) is 0 Å². The molecule has 1 aromatic heterocycles. The minimum atomic E-state index is -0.0496. The van der Waals surface area contributed by atoms with E-state index in [-0.39, 0.29) is 5.54 Å². The molecule has 0 unspecified atom stereocenters. The normalized spacial score (nSPS) is 18.7. The van der Waals surface area contributed by atoms with Gasteiger partial charge in [0.1, 0.15) is 5.82 Å². The Balaban J connectivity index is 2.19. The summed E-state index contributed by atoms with van der Waals surface area (Å²) in [5.74, 6) is 1.25. The third kappa shape index (κ3) is 2.55. The summed E-state index contributed by atoms with van der Waals surface area (Å²) in [7, 11) is 0. The molecular formula is C11H13Cl3N2. The molecule has 0 saturated heterocycles. The van der Waals surface area contributed by atoms with Crippen LogP contribution in [-0.4, -0.2) is 16.4 Å². The highest BCUT2D eigenvalue weighted by Crippen LogP contribution is 2.35. The van der Waals surface area contributed by atoms with Gasteiger partial charge in [-0.25, -0.2) is 4.98 Å². The predicted molar refractivity (Wildman–Crippen MR) is 69.8 cm³/mol. The van der Waals surface area contributed by atoms with Crippen LogP contribution >= 0.6 is 34.8 Å². The van der Waals surface area contributed by atoms with Crippen LogP contribution in [-0.2, 0) is 0 Å². The van der Waals surface area contributed by atoms with Crippen LogP contribution in [0.1, 0.15) is 25.7 Å². The van der Waals surface area contributed by atoms with Gasteiger partial charge in [-0.15, -0.1) is 11.6 Å². The highest BCUT2D eigenvalue weighted by Gasteiger charge is 2.33. The van der Waals surface area contributed by atoms with Crippen molar-refractivity contribution in [2.75, 3.05) is 11.2 Å². The van der Waals surface area contributed by atoms with E-state index in [1.807, 2.05) is 0 Å². The van der Waals surface area contributed by atoms with Crippen LogP contribution in [0.2, 0.25) is 10.0 Å². The van der Waals surface area contributed by atoms with E-state index >= 15 is 0 Å². The van der Waals surface area contributed by atoms with Crippen molar-refractivity contribution in [1.29, 1.82) is 0 Å². The summed E-state index contributed by atoms with van der Waals surface area (Å²) in [4.78, 5) is 4.20.